The summed E-state index contributed by atoms with van der Waals surface area (Å²) in [4.78, 5) is 0. The van der Waals surface area contributed by atoms with Gasteiger partial charge in [-0.1, -0.05) is 32.7 Å². The summed E-state index contributed by atoms with van der Waals surface area (Å²) in [5, 5.41) is 4.16. The Morgan fingerprint density at radius 3 is 2.79 bits per heavy atom. The van der Waals surface area contributed by atoms with Crippen LogP contribution >= 0.6 is 27.5 Å². The van der Waals surface area contributed by atoms with E-state index in [-0.39, 0.29) is 0 Å². The molecule has 0 aliphatic rings. The molecule has 1 aromatic carbocycles. The van der Waals surface area contributed by atoms with Crippen LogP contribution in [0, 0.1) is 0 Å². The number of nitrogens with two attached hydrogens (primary N) is 1. The molecule has 0 saturated carbocycles. The number of nitrogen functional groups attached to an aromatic ring is 1. The highest BCUT2D eigenvalue weighted by molar-refractivity contribution is 9.10. The van der Waals surface area contributed by atoms with Crippen LogP contribution < -0.4 is 5.73 Å². The number of nitrogens with zero attached hydrogens (tertiary/aromatic N) is 1. The van der Waals surface area contributed by atoms with Gasteiger partial charge in [0.05, 0.1) is 11.2 Å². The molecule has 1 aromatic heterocycles. The maximum absolute atomic E-state index is 6.02. The number of benzene rings is 1. The van der Waals surface area contributed by atoms with Crippen molar-refractivity contribution in [2.45, 2.75) is 0 Å². The fourth-order valence-corrected chi connectivity index (χ4v) is 1.88. The Bertz CT molecular complexity index is 470. The summed E-state index contributed by atoms with van der Waals surface area (Å²) in [6.45, 7) is 0. The zero-order valence-electron chi connectivity index (χ0n) is 7.00. The molecule has 5 heteroatoms. The summed E-state index contributed by atoms with van der Waals surface area (Å²) < 4.78 is 5.90. The molecule has 0 unspecified atom stereocenters. The maximum Gasteiger partial charge on any atom is 0.191 e. The smallest absolute Gasteiger partial charge is 0.191 e. The van der Waals surface area contributed by atoms with Gasteiger partial charge < -0.3 is 10.3 Å². The highest BCUT2D eigenvalue weighted by Crippen LogP contribution is 2.33. The number of anilines is 1. The number of rotatable bonds is 1. The third-order valence-corrected chi connectivity index (χ3v) is 2.58. The second-order valence-corrected chi connectivity index (χ2v) is 4.06. The molecule has 0 aliphatic heterocycles. The molecule has 0 spiro atoms. The first kappa shape index (κ1) is 9.55. The number of aromatic nitrogens is 1. The van der Waals surface area contributed by atoms with E-state index in [0.717, 1.165) is 10.0 Å². The van der Waals surface area contributed by atoms with Crippen molar-refractivity contribution in [1.82, 2.24) is 5.16 Å². The zero-order valence-corrected chi connectivity index (χ0v) is 9.34. The predicted molar refractivity (Wildman–Crippen MR) is 59.1 cm³/mol. The molecule has 72 valence electrons. The highest BCUT2D eigenvalue weighted by Gasteiger charge is 2.11. The summed E-state index contributed by atoms with van der Waals surface area (Å²) in [7, 11) is 0. The molecule has 3 nitrogen and oxygen atoms in total. The SMILES string of the molecule is Nc1cnoc1-c1ccc(Br)cc1Cl. The quantitative estimate of drug-likeness (QED) is 0.867. The first-order chi connectivity index (χ1) is 6.68. The molecule has 0 aliphatic carbocycles. The van der Waals surface area contributed by atoms with Crippen molar-refractivity contribution in [2.75, 3.05) is 5.73 Å². The fraction of sp³-hybridized carbons (Fsp3) is 0. The van der Waals surface area contributed by atoms with Crippen molar-refractivity contribution in [1.29, 1.82) is 0 Å². The van der Waals surface area contributed by atoms with Crippen LogP contribution in [-0.4, -0.2) is 5.16 Å². The van der Waals surface area contributed by atoms with Gasteiger partial charge in [0.25, 0.3) is 0 Å². The summed E-state index contributed by atoms with van der Waals surface area (Å²) in [5.41, 5.74) is 6.87. The molecule has 0 radical (unpaired) electrons. The zero-order chi connectivity index (χ0) is 10.1. The van der Waals surface area contributed by atoms with Gasteiger partial charge in [-0.2, -0.15) is 0 Å². The van der Waals surface area contributed by atoms with Gasteiger partial charge >= 0.3 is 0 Å². The fourth-order valence-electron chi connectivity index (χ4n) is 1.13. The van der Waals surface area contributed by atoms with E-state index < -0.39 is 0 Å². The van der Waals surface area contributed by atoms with E-state index >= 15 is 0 Å². The predicted octanol–water partition coefficient (Wildman–Crippen LogP) is 3.34. The van der Waals surface area contributed by atoms with Gasteiger partial charge in [-0.3, -0.25) is 0 Å². The second kappa shape index (κ2) is 3.63. The minimum atomic E-state index is 0.481. The van der Waals surface area contributed by atoms with Gasteiger partial charge in [-0.15, -0.1) is 0 Å². The molecule has 2 rings (SSSR count). The largest absolute Gasteiger partial charge is 0.394 e. The average molecular weight is 274 g/mol. The molecule has 0 saturated heterocycles. The van der Waals surface area contributed by atoms with Crippen LogP contribution in [0.25, 0.3) is 11.3 Å². The normalized spacial score (nSPS) is 10.4. The molecule has 0 bridgehead atoms. The van der Waals surface area contributed by atoms with Crippen LogP contribution in [0.3, 0.4) is 0 Å². The molecule has 0 amide bonds. The molecular formula is C9H6BrClN2O. The Morgan fingerprint density at radius 2 is 2.21 bits per heavy atom. The molecule has 2 aromatic rings. The van der Waals surface area contributed by atoms with Crippen molar-refractivity contribution in [3.05, 3.63) is 33.9 Å². The Hall–Kier alpha value is -1.000. The van der Waals surface area contributed by atoms with Crippen molar-refractivity contribution < 1.29 is 4.52 Å². The minimum Gasteiger partial charge on any atom is -0.394 e. The van der Waals surface area contributed by atoms with E-state index in [1.807, 2.05) is 12.1 Å². The van der Waals surface area contributed by atoms with Gasteiger partial charge in [0.1, 0.15) is 5.69 Å². The topological polar surface area (TPSA) is 52.0 Å². The summed E-state index contributed by atoms with van der Waals surface area (Å²) >= 11 is 9.34. The second-order valence-electron chi connectivity index (χ2n) is 2.73. The maximum atomic E-state index is 6.02. The lowest BCUT2D eigenvalue weighted by Gasteiger charge is -2.00. The van der Waals surface area contributed by atoms with Crippen LogP contribution in [0.15, 0.2) is 33.4 Å². The Kier molecular flexibility index (Phi) is 2.48. The molecule has 1 heterocycles. The van der Waals surface area contributed by atoms with Crippen molar-refractivity contribution in [3.8, 4) is 11.3 Å². The number of halogens is 2. The molecule has 0 atom stereocenters. The van der Waals surface area contributed by atoms with Crippen molar-refractivity contribution >= 4 is 33.2 Å². The first-order valence-electron chi connectivity index (χ1n) is 3.84. The monoisotopic (exact) mass is 272 g/mol. The minimum absolute atomic E-state index is 0.481. The van der Waals surface area contributed by atoms with Crippen molar-refractivity contribution in [3.63, 3.8) is 0 Å². The third kappa shape index (κ3) is 1.63. The standard InChI is InChI=1S/C9H6BrClN2O/c10-5-1-2-6(7(11)3-5)9-8(12)4-13-14-9/h1-4H,12H2. The van der Waals surface area contributed by atoms with Crippen LogP contribution in [0.2, 0.25) is 5.02 Å². The van der Waals surface area contributed by atoms with Crippen LogP contribution in [-0.2, 0) is 0 Å². The number of hydrogen-bond donors (Lipinski definition) is 1. The van der Waals surface area contributed by atoms with Crippen molar-refractivity contribution in [2.24, 2.45) is 0 Å². The Morgan fingerprint density at radius 1 is 1.43 bits per heavy atom. The van der Waals surface area contributed by atoms with Crippen LogP contribution in [0.1, 0.15) is 0 Å². The van der Waals surface area contributed by atoms with E-state index in [1.54, 1.807) is 6.07 Å². The van der Waals surface area contributed by atoms with E-state index in [9.17, 15) is 0 Å². The molecule has 0 fully saturated rings. The Balaban J connectivity index is 2.58. The molecule has 2 N–H and O–H groups in total. The summed E-state index contributed by atoms with van der Waals surface area (Å²) in [5.74, 6) is 0.502. The lowest BCUT2D eigenvalue weighted by Crippen LogP contribution is -1.85. The lowest BCUT2D eigenvalue weighted by molar-refractivity contribution is 0.432. The highest BCUT2D eigenvalue weighted by atomic mass is 79.9. The lowest BCUT2D eigenvalue weighted by atomic mass is 10.1. The van der Waals surface area contributed by atoms with E-state index in [4.69, 9.17) is 21.9 Å². The third-order valence-electron chi connectivity index (χ3n) is 1.77. The van der Waals surface area contributed by atoms with Gasteiger partial charge in [0.2, 0.25) is 0 Å². The van der Waals surface area contributed by atoms with Gasteiger partial charge in [-0.25, -0.2) is 0 Å². The van der Waals surface area contributed by atoms with E-state index in [1.165, 1.54) is 6.20 Å². The summed E-state index contributed by atoms with van der Waals surface area (Å²) in [6.07, 6.45) is 1.45. The average Bonchev–Trinajstić information content (AvgIpc) is 2.52. The van der Waals surface area contributed by atoms with Crippen LogP contribution in [0.5, 0.6) is 0 Å². The van der Waals surface area contributed by atoms with Gasteiger partial charge in [0, 0.05) is 10.0 Å². The van der Waals surface area contributed by atoms with Gasteiger partial charge in [0.15, 0.2) is 5.76 Å². The van der Waals surface area contributed by atoms with Gasteiger partial charge in [-0.05, 0) is 18.2 Å². The Labute approximate surface area is 94.0 Å². The van der Waals surface area contributed by atoms with E-state index in [2.05, 4.69) is 21.1 Å². The van der Waals surface area contributed by atoms with E-state index in [0.29, 0.717) is 16.5 Å². The molecule has 14 heavy (non-hydrogen) atoms. The number of hydrogen-bond acceptors (Lipinski definition) is 3. The first-order valence-corrected chi connectivity index (χ1v) is 5.01. The van der Waals surface area contributed by atoms with Crippen LogP contribution in [0.4, 0.5) is 5.69 Å². The molecular weight excluding hydrogens is 267 g/mol. The summed E-state index contributed by atoms with van der Waals surface area (Å²) in [6, 6.07) is 5.46.